The predicted octanol–water partition coefficient (Wildman–Crippen LogP) is 0.984. The number of amides is 2. The Bertz CT molecular complexity index is 604. The Kier molecular flexibility index (Phi) is 4.85. The van der Waals surface area contributed by atoms with Crippen LogP contribution in [-0.4, -0.2) is 71.8 Å². The smallest absolute Gasteiger partial charge is 0.236 e. The quantitative estimate of drug-likeness (QED) is 0.826. The molecule has 2 amide bonds. The molecule has 2 aliphatic heterocycles. The van der Waals surface area contributed by atoms with Gasteiger partial charge in [-0.3, -0.25) is 14.6 Å². The van der Waals surface area contributed by atoms with Gasteiger partial charge < -0.3 is 14.7 Å². The Morgan fingerprint density at radius 1 is 1.25 bits per heavy atom. The summed E-state index contributed by atoms with van der Waals surface area (Å²) in [6.07, 6.45) is 6.17. The van der Waals surface area contributed by atoms with Crippen LogP contribution in [0.15, 0.2) is 24.5 Å². The van der Waals surface area contributed by atoms with Crippen molar-refractivity contribution in [1.29, 1.82) is 0 Å². The van der Waals surface area contributed by atoms with Crippen LogP contribution < -0.4 is 0 Å². The number of pyridine rings is 1. The Morgan fingerprint density at radius 3 is 2.71 bits per heavy atom. The number of likely N-dealkylation sites (N-methyl/N-ethyl adjacent to an activating group) is 1. The summed E-state index contributed by atoms with van der Waals surface area (Å²) in [7, 11) is 3.80. The third kappa shape index (κ3) is 3.43. The molecule has 0 aromatic carbocycles. The molecule has 1 aromatic heterocycles. The summed E-state index contributed by atoms with van der Waals surface area (Å²) < 4.78 is 0. The van der Waals surface area contributed by atoms with Gasteiger partial charge >= 0.3 is 0 Å². The molecule has 2 saturated heterocycles. The minimum atomic E-state index is -0.368. The van der Waals surface area contributed by atoms with Gasteiger partial charge in [-0.15, -0.1) is 0 Å². The summed E-state index contributed by atoms with van der Waals surface area (Å²) in [6.45, 7) is 3.16. The molecule has 0 N–H and O–H groups in total. The summed E-state index contributed by atoms with van der Waals surface area (Å²) in [5, 5.41) is 0. The molecule has 0 radical (unpaired) electrons. The predicted molar refractivity (Wildman–Crippen MR) is 91.1 cm³/mol. The zero-order valence-electron chi connectivity index (χ0n) is 14.6. The number of nitrogens with zero attached hydrogens (tertiary/aromatic N) is 4. The fraction of sp³-hybridized carbons (Fsp3) is 0.611. The molecule has 1 atom stereocenters. The van der Waals surface area contributed by atoms with Crippen molar-refractivity contribution >= 4 is 11.8 Å². The van der Waals surface area contributed by atoms with Gasteiger partial charge in [0, 0.05) is 38.6 Å². The second-order valence-corrected chi connectivity index (χ2v) is 7.27. The lowest BCUT2D eigenvalue weighted by Gasteiger charge is -2.39. The number of piperidine rings is 1. The van der Waals surface area contributed by atoms with E-state index in [0.717, 1.165) is 37.9 Å². The summed E-state index contributed by atoms with van der Waals surface area (Å²) in [5.41, 5.74) is 0.736. The maximum atomic E-state index is 13.0. The zero-order chi connectivity index (χ0) is 17.2. The van der Waals surface area contributed by atoms with Crippen molar-refractivity contribution in [1.82, 2.24) is 19.7 Å². The highest BCUT2D eigenvalue weighted by atomic mass is 16.2. The molecule has 0 aliphatic carbocycles. The summed E-state index contributed by atoms with van der Waals surface area (Å²) in [4.78, 5) is 35.2. The van der Waals surface area contributed by atoms with Gasteiger partial charge in [0.2, 0.25) is 11.8 Å². The normalized spacial score (nSPS) is 24.2. The van der Waals surface area contributed by atoms with Crippen molar-refractivity contribution in [3.8, 4) is 0 Å². The number of likely N-dealkylation sites (tertiary alicyclic amines) is 2. The first-order chi connectivity index (χ1) is 11.5. The van der Waals surface area contributed by atoms with Gasteiger partial charge in [0.1, 0.15) is 0 Å². The molecule has 2 aliphatic rings. The molecule has 1 unspecified atom stereocenters. The van der Waals surface area contributed by atoms with Crippen molar-refractivity contribution in [3.05, 3.63) is 30.1 Å². The molecule has 0 saturated carbocycles. The molecule has 0 bridgehead atoms. The Morgan fingerprint density at radius 2 is 2.00 bits per heavy atom. The lowest BCUT2D eigenvalue weighted by molar-refractivity contribution is -0.144. The van der Waals surface area contributed by atoms with Crippen molar-refractivity contribution in [2.45, 2.75) is 25.8 Å². The monoisotopic (exact) mass is 330 g/mol. The topological polar surface area (TPSA) is 56.8 Å². The van der Waals surface area contributed by atoms with Gasteiger partial charge in [0.15, 0.2) is 0 Å². The average Bonchev–Trinajstić information content (AvgIpc) is 2.85. The molecule has 6 nitrogen and oxygen atoms in total. The highest BCUT2D eigenvalue weighted by Gasteiger charge is 2.49. The fourth-order valence-corrected chi connectivity index (χ4v) is 3.85. The van der Waals surface area contributed by atoms with Crippen molar-refractivity contribution < 1.29 is 9.59 Å². The molecule has 3 rings (SSSR count). The van der Waals surface area contributed by atoms with Crippen LogP contribution in [-0.2, 0) is 16.1 Å². The van der Waals surface area contributed by atoms with Gasteiger partial charge in [0.25, 0.3) is 0 Å². The van der Waals surface area contributed by atoms with Gasteiger partial charge in [-0.2, -0.15) is 0 Å². The van der Waals surface area contributed by atoms with E-state index in [1.807, 2.05) is 40.9 Å². The molecule has 6 heteroatoms. The van der Waals surface area contributed by atoms with E-state index >= 15 is 0 Å². The second-order valence-electron chi connectivity index (χ2n) is 7.27. The van der Waals surface area contributed by atoms with Crippen LogP contribution in [0.1, 0.15) is 24.8 Å². The molecule has 1 aromatic rings. The second kappa shape index (κ2) is 6.89. The van der Waals surface area contributed by atoms with Crippen molar-refractivity contribution in [2.24, 2.45) is 5.41 Å². The van der Waals surface area contributed by atoms with E-state index in [1.54, 1.807) is 12.4 Å². The van der Waals surface area contributed by atoms with Gasteiger partial charge in [-0.25, -0.2) is 0 Å². The standard InChI is InChI=1S/C18H26N4O2/c1-20(2)13-16(23)22-10-3-6-18(14-22)7-11-21(17(18)24)12-15-4-8-19-9-5-15/h4-5,8-9H,3,6-7,10-14H2,1-2H3. The minimum Gasteiger partial charge on any atom is -0.341 e. The maximum Gasteiger partial charge on any atom is 0.236 e. The van der Waals surface area contributed by atoms with Crippen LogP contribution in [0.5, 0.6) is 0 Å². The molecule has 2 fully saturated rings. The van der Waals surface area contributed by atoms with Gasteiger partial charge in [-0.05, 0) is 51.1 Å². The van der Waals surface area contributed by atoms with E-state index in [9.17, 15) is 9.59 Å². The number of carbonyl (C=O) groups excluding carboxylic acids is 2. The lowest BCUT2D eigenvalue weighted by Crippen LogP contribution is -2.51. The van der Waals surface area contributed by atoms with E-state index in [4.69, 9.17) is 0 Å². The Hall–Kier alpha value is -1.95. The number of hydrogen-bond acceptors (Lipinski definition) is 4. The van der Waals surface area contributed by atoms with Crippen LogP contribution in [0.2, 0.25) is 0 Å². The van der Waals surface area contributed by atoms with Gasteiger partial charge in [0.05, 0.1) is 12.0 Å². The van der Waals surface area contributed by atoms with E-state index in [0.29, 0.717) is 19.6 Å². The van der Waals surface area contributed by atoms with E-state index in [1.165, 1.54) is 0 Å². The number of hydrogen-bond donors (Lipinski definition) is 0. The van der Waals surface area contributed by atoms with E-state index in [2.05, 4.69) is 4.98 Å². The van der Waals surface area contributed by atoms with Crippen LogP contribution in [0.3, 0.4) is 0 Å². The Balaban J connectivity index is 1.67. The molecular formula is C18H26N4O2. The maximum absolute atomic E-state index is 13.0. The van der Waals surface area contributed by atoms with E-state index in [-0.39, 0.29) is 17.2 Å². The first-order valence-electron chi connectivity index (χ1n) is 8.61. The third-order valence-electron chi connectivity index (χ3n) is 5.11. The van der Waals surface area contributed by atoms with Crippen LogP contribution in [0, 0.1) is 5.41 Å². The number of rotatable bonds is 4. The first kappa shape index (κ1) is 16.9. The highest BCUT2D eigenvalue weighted by Crippen LogP contribution is 2.40. The molecule has 130 valence electrons. The first-order valence-corrected chi connectivity index (χ1v) is 8.61. The lowest BCUT2D eigenvalue weighted by atomic mass is 9.78. The van der Waals surface area contributed by atoms with Crippen LogP contribution in [0.25, 0.3) is 0 Å². The number of aromatic nitrogens is 1. The molecule has 24 heavy (non-hydrogen) atoms. The van der Waals surface area contributed by atoms with Crippen LogP contribution >= 0.6 is 0 Å². The largest absolute Gasteiger partial charge is 0.341 e. The molecular weight excluding hydrogens is 304 g/mol. The zero-order valence-corrected chi connectivity index (χ0v) is 14.6. The van der Waals surface area contributed by atoms with Crippen molar-refractivity contribution in [2.75, 3.05) is 40.3 Å². The minimum absolute atomic E-state index is 0.124. The third-order valence-corrected chi connectivity index (χ3v) is 5.11. The summed E-state index contributed by atoms with van der Waals surface area (Å²) >= 11 is 0. The summed E-state index contributed by atoms with van der Waals surface area (Å²) in [6, 6.07) is 3.90. The molecule has 3 heterocycles. The van der Waals surface area contributed by atoms with E-state index < -0.39 is 0 Å². The number of carbonyl (C=O) groups is 2. The van der Waals surface area contributed by atoms with Gasteiger partial charge in [-0.1, -0.05) is 0 Å². The Labute approximate surface area is 143 Å². The summed E-state index contributed by atoms with van der Waals surface area (Å²) in [5.74, 6) is 0.334. The average molecular weight is 330 g/mol. The SMILES string of the molecule is CN(C)CC(=O)N1CCCC2(CCN(Cc3ccncc3)C2=O)C1. The van der Waals surface area contributed by atoms with Crippen LogP contribution in [0.4, 0.5) is 0 Å². The molecule has 1 spiro atoms. The van der Waals surface area contributed by atoms with Crippen molar-refractivity contribution in [3.63, 3.8) is 0 Å². The fourth-order valence-electron chi connectivity index (χ4n) is 3.85. The highest BCUT2D eigenvalue weighted by molar-refractivity contribution is 5.86.